The molecule has 1 N–H and O–H groups in total. The van der Waals surface area contributed by atoms with Gasteiger partial charge in [0.05, 0.1) is 21.6 Å². The number of hydrogen-bond acceptors (Lipinski definition) is 3. The second kappa shape index (κ2) is 8.34. The highest BCUT2D eigenvalue weighted by Crippen LogP contribution is 2.17. The van der Waals surface area contributed by atoms with Gasteiger partial charge < -0.3 is 14.8 Å². The second-order valence-corrected chi connectivity index (χ2v) is 6.86. The zero-order valence-electron chi connectivity index (χ0n) is 15.1. The van der Waals surface area contributed by atoms with Gasteiger partial charge in [0.15, 0.2) is 0 Å². The van der Waals surface area contributed by atoms with Gasteiger partial charge in [0.2, 0.25) is 0 Å². The van der Waals surface area contributed by atoms with Crippen LogP contribution in [-0.4, -0.2) is 47.5 Å². The lowest BCUT2D eigenvalue weighted by Gasteiger charge is -2.13. The van der Waals surface area contributed by atoms with Crippen LogP contribution in [0, 0.1) is 0 Å². The molecule has 3 rings (SSSR count). The van der Waals surface area contributed by atoms with Crippen LogP contribution < -0.4 is 5.32 Å². The van der Waals surface area contributed by atoms with E-state index in [2.05, 4.69) is 34.9 Å². The number of rotatable bonds is 7. The van der Waals surface area contributed by atoms with Crippen LogP contribution in [0.3, 0.4) is 0 Å². The summed E-state index contributed by atoms with van der Waals surface area (Å²) < 4.78 is 2.23. The van der Waals surface area contributed by atoms with Crippen molar-refractivity contribution in [3.8, 4) is 0 Å². The molecule has 1 amide bonds. The Morgan fingerprint density at radius 1 is 1.15 bits per heavy atom. The molecule has 0 unspecified atom stereocenters. The molecule has 0 fully saturated rings. The van der Waals surface area contributed by atoms with Crippen molar-refractivity contribution in [3.63, 3.8) is 0 Å². The normalized spacial score (nSPS) is 11.2. The van der Waals surface area contributed by atoms with Crippen molar-refractivity contribution >= 4 is 28.5 Å². The molecule has 0 spiro atoms. The van der Waals surface area contributed by atoms with E-state index in [1.165, 1.54) is 0 Å². The lowest BCUT2D eigenvalue weighted by atomic mass is 10.2. The average Bonchev–Trinajstić information content (AvgIpc) is 2.97. The van der Waals surface area contributed by atoms with Crippen LogP contribution in [0.25, 0.3) is 11.0 Å². The molecule has 136 valence electrons. The molecule has 0 saturated heterocycles. The third-order valence-corrected chi connectivity index (χ3v) is 4.59. The molecule has 0 aliphatic carbocycles. The fourth-order valence-electron chi connectivity index (χ4n) is 2.89. The molecule has 26 heavy (non-hydrogen) atoms. The number of nitrogens with one attached hydrogen (secondary N) is 1. The molecule has 1 heterocycles. The third kappa shape index (κ3) is 4.23. The Morgan fingerprint density at radius 3 is 2.65 bits per heavy atom. The van der Waals surface area contributed by atoms with Crippen molar-refractivity contribution in [2.45, 2.75) is 13.0 Å². The van der Waals surface area contributed by atoms with Gasteiger partial charge in [-0.25, -0.2) is 4.98 Å². The fourth-order valence-corrected chi connectivity index (χ4v) is 3.12. The van der Waals surface area contributed by atoms with Crippen LogP contribution in [0.15, 0.2) is 48.5 Å². The van der Waals surface area contributed by atoms with Gasteiger partial charge in [-0.15, -0.1) is 0 Å². The Bertz CT molecular complexity index is 904. The summed E-state index contributed by atoms with van der Waals surface area (Å²) in [4.78, 5) is 19.2. The van der Waals surface area contributed by atoms with Crippen molar-refractivity contribution < 1.29 is 4.79 Å². The minimum atomic E-state index is -0.161. The first kappa shape index (κ1) is 18.4. The van der Waals surface area contributed by atoms with E-state index in [9.17, 15) is 4.79 Å². The van der Waals surface area contributed by atoms with Crippen LogP contribution in [-0.2, 0) is 13.0 Å². The Morgan fingerprint density at radius 2 is 1.88 bits per heavy atom. The quantitative estimate of drug-likeness (QED) is 0.694. The summed E-state index contributed by atoms with van der Waals surface area (Å²) in [5, 5.41) is 3.40. The Balaban J connectivity index is 1.71. The van der Waals surface area contributed by atoms with Crippen molar-refractivity contribution in [1.29, 1.82) is 0 Å². The molecule has 0 aliphatic rings. The minimum Gasteiger partial charge on any atom is -0.352 e. The summed E-state index contributed by atoms with van der Waals surface area (Å²) in [6, 6.07) is 15.2. The lowest BCUT2D eigenvalue weighted by molar-refractivity contribution is 0.0954. The summed E-state index contributed by atoms with van der Waals surface area (Å²) in [6.45, 7) is 2.30. The van der Waals surface area contributed by atoms with Crippen LogP contribution in [0.2, 0.25) is 5.02 Å². The smallest absolute Gasteiger partial charge is 0.252 e. The van der Waals surface area contributed by atoms with E-state index in [-0.39, 0.29) is 5.91 Å². The Kier molecular flexibility index (Phi) is 5.91. The summed E-state index contributed by atoms with van der Waals surface area (Å²) in [6.07, 6.45) is 0.665. The van der Waals surface area contributed by atoms with E-state index < -0.39 is 0 Å². The monoisotopic (exact) mass is 370 g/mol. The van der Waals surface area contributed by atoms with E-state index in [1.54, 1.807) is 12.1 Å². The second-order valence-electron chi connectivity index (χ2n) is 6.46. The minimum absolute atomic E-state index is 0.161. The van der Waals surface area contributed by atoms with Gasteiger partial charge in [-0.05, 0) is 38.4 Å². The number of benzene rings is 2. The van der Waals surface area contributed by atoms with Crippen LogP contribution >= 0.6 is 11.6 Å². The number of likely N-dealkylation sites (N-methyl/N-ethyl adjacent to an activating group) is 1. The number of carbonyl (C=O) groups excluding carboxylic acids is 1. The number of nitrogens with zero attached hydrogens (tertiary/aromatic N) is 3. The van der Waals surface area contributed by atoms with E-state index in [1.807, 2.05) is 30.3 Å². The van der Waals surface area contributed by atoms with Crippen LogP contribution in [0.5, 0.6) is 0 Å². The maximum atomic E-state index is 12.3. The number of fused-ring (bicyclic) bond motifs is 1. The molecular weight excluding hydrogens is 348 g/mol. The first-order valence-corrected chi connectivity index (χ1v) is 9.05. The van der Waals surface area contributed by atoms with Crippen molar-refractivity contribution in [2.24, 2.45) is 0 Å². The fraction of sp³-hybridized carbons (Fsp3) is 0.300. The van der Waals surface area contributed by atoms with E-state index >= 15 is 0 Å². The van der Waals surface area contributed by atoms with E-state index in [4.69, 9.17) is 16.6 Å². The third-order valence-electron chi connectivity index (χ3n) is 4.26. The van der Waals surface area contributed by atoms with Gasteiger partial charge in [-0.3, -0.25) is 4.79 Å². The molecule has 0 aliphatic heterocycles. The number of para-hydroxylation sites is 2. The molecule has 0 saturated carbocycles. The van der Waals surface area contributed by atoms with Crippen molar-refractivity contribution in [2.75, 3.05) is 27.2 Å². The molecule has 0 bridgehead atoms. The topological polar surface area (TPSA) is 50.2 Å². The van der Waals surface area contributed by atoms with Gasteiger partial charge in [-0.2, -0.15) is 0 Å². The standard InChI is InChI=1S/C20H23ClN4O/c1-24(2)13-14-25-18-10-6-5-9-17(18)23-19(25)11-12-22-20(26)15-7-3-4-8-16(15)21/h3-10H,11-14H2,1-2H3,(H,22,26). The van der Waals surface area contributed by atoms with E-state index in [0.717, 1.165) is 29.9 Å². The largest absolute Gasteiger partial charge is 0.352 e. The predicted molar refractivity (Wildman–Crippen MR) is 106 cm³/mol. The number of carbonyl (C=O) groups is 1. The molecule has 6 heteroatoms. The van der Waals surface area contributed by atoms with Gasteiger partial charge in [0.1, 0.15) is 5.82 Å². The Labute approximate surface area is 158 Å². The maximum absolute atomic E-state index is 12.3. The summed E-state index contributed by atoms with van der Waals surface area (Å²) in [5.74, 6) is 0.819. The van der Waals surface area contributed by atoms with Gasteiger partial charge >= 0.3 is 0 Å². The molecule has 2 aromatic carbocycles. The molecule has 3 aromatic rings. The average molecular weight is 371 g/mol. The van der Waals surface area contributed by atoms with Crippen LogP contribution in [0.1, 0.15) is 16.2 Å². The first-order chi connectivity index (χ1) is 12.6. The number of hydrogen-bond donors (Lipinski definition) is 1. The zero-order chi connectivity index (χ0) is 18.5. The number of halogens is 1. The highest BCUT2D eigenvalue weighted by atomic mass is 35.5. The van der Waals surface area contributed by atoms with Crippen molar-refractivity contribution in [3.05, 3.63) is 64.9 Å². The zero-order valence-corrected chi connectivity index (χ0v) is 15.8. The van der Waals surface area contributed by atoms with Gasteiger partial charge in [0.25, 0.3) is 5.91 Å². The molecule has 0 atom stereocenters. The van der Waals surface area contributed by atoms with Crippen molar-refractivity contribution in [1.82, 2.24) is 19.8 Å². The summed E-state index contributed by atoms with van der Waals surface area (Å²) in [5.41, 5.74) is 2.61. The van der Waals surface area contributed by atoms with Crippen LogP contribution in [0.4, 0.5) is 0 Å². The van der Waals surface area contributed by atoms with Gasteiger partial charge in [-0.1, -0.05) is 35.9 Å². The SMILES string of the molecule is CN(C)CCn1c(CCNC(=O)c2ccccc2Cl)nc2ccccc21. The molecule has 5 nitrogen and oxygen atoms in total. The predicted octanol–water partition coefficient (Wildman–Crippen LogP) is 3.22. The first-order valence-electron chi connectivity index (χ1n) is 8.68. The highest BCUT2D eigenvalue weighted by molar-refractivity contribution is 6.33. The summed E-state index contributed by atoms with van der Waals surface area (Å²) >= 11 is 6.08. The number of imidazole rings is 1. The van der Waals surface area contributed by atoms with Gasteiger partial charge in [0, 0.05) is 26.1 Å². The van der Waals surface area contributed by atoms with E-state index in [0.29, 0.717) is 23.6 Å². The molecular formula is C20H23ClN4O. The summed E-state index contributed by atoms with van der Waals surface area (Å²) in [7, 11) is 4.12. The number of amides is 1. The maximum Gasteiger partial charge on any atom is 0.252 e. The number of aromatic nitrogens is 2. The Hall–Kier alpha value is -2.37. The molecule has 1 aromatic heterocycles. The molecule has 0 radical (unpaired) electrons. The lowest BCUT2D eigenvalue weighted by Crippen LogP contribution is -2.27. The highest BCUT2D eigenvalue weighted by Gasteiger charge is 2.12.